The molecule has 0 unspecified atom stereocenters. The minimum atomic E-state index is -0.605. The third kappa shape index (κ3) is 4.35. The summed E-state index contributed by atoms with van der Waals surface area (Å²) in [6.45, 7) is 5.18. The molecule has 5 heteroatoms. The Morgan fingerprint density at radius 2 is 2.00 bits per heavy atom. The van der Waals surface area contributed by atoms with Gasteiger partial charge in [0.1, 0.15) is 11.6 Å². The molecule has 2 rings (SSSR count). The second-order valence-electron chi connectivity index (χ2n) is 5.45. The van der Waals surface area contributed by atoms with Gasteiger partial charge in [-0.3, -0.25) is 4.99 Å². The summed E-state index contributed by atoms with van der Waals surface area (Å²) in [5.41, 5.74) is -0.0660. The van der Waals surface area contributed by atoms with E-state index in [1.54, 1.807) is 0 Å². The highest BCUT2D eigenvalue weighted by Crippen LogP contribution is 2.21. The van der Waals surface area contributed by atoms with Crippen molar-refractivity contribution in [2.24, 2.45) is 4.99 Å². The molecule has 0 atom stereocenters. The van der Waals surface area contributed by atoms with Gasteiger partial charge in [0.2, 0.25) is 0 Å². The molecule has 0 radical (unpaired) electrons. The highest BCUT2D eigenvalue weighted by Gasteiger charge is 2.22. The van der Waals surface area contributed by atoms with E-state index in [-0.39, 0.29) is 17.4 Å². The predicted octanol–water partition coefficient (Wildman–Crippen LogP) is 3.32. The first-order chi connectivity index (χ1) is 9.46. The average Bonchev–Trinajstić information content (AvgIpc) is 2.89. The summed E-state index contributed by atoms with van der Waals surface area (Å²) in [5, 5.41) is 0. The third-order valence-corrected chi connectivity index (χ3v) is 3.20. The number of rotatable bonds is 5. The van der Waals surface area contributed by atoms with Crippen LogP contribution in [0.3, 0.4) is 0 Å². The van der Waals surface area contributed by atoms with Crippen LogP contribution in [0.2, 0.25) is 0 Å². The quantitative estimate of drug-likeness (QED) is 0.776. The van der Waals surface area contributed by atoms with E-state index in [0.717, 1.165) is 18.9 Å². The Morgan fingerprint density at radius 1 is 1.30 bits per heavy atom. The third-order valence-electron chi connectivity index (χ3n) is 3.20. The van der Waals surface area contributed by atoms with Gasteiger partial charge in [0.15, 0.2) is 6.29 Å². The van der Waals surface area contributed by atoms with Gasteiger partial charge in [0, 0.05) is 24.3 Å². The summed E-state index contributed by atoms with van der Waals surface area (Å²) in [5.74, 6) is -1.19. The van der Waals surface area contributed by atoms with E-state index in [9.17, 15) is 8.78 Å². The Morgan fingerprint density at radius 3 is 2.65 bits per heavy atom. The Labute approximate surface area is 117 Å². The summed E-state index contributed by atoms with van der Waals surface area (Å²) >= 11 is 0. The monoisotopic (exact) mass is 283 g/mol. The summed E-state index contributed by atoms with van der Waals surface area (Å²) in [6.07, 6.45) is 2.80. The molecule has 0 aliphatic carbocycles. The van der Waals surface area contributed by atoms with Crippen LogP contribution >= 0.6 is 0 Å². The SMILES string of the molecule is CC(C)(CCC1OCCO1)N=Cc1ccc(F)cc1F. The molecule has 1 aromatic carbocycles. The van der Waals surface area contributed by atoms with Gasteiger partial charge in [-0.2, -0.15) is 0 Å². The van der Waals surface area contributed by atoms with Crippen molar-refractivity contribution in [3.05, 3.63) is 35.4 Å². The number of nitrogens with zero attached hydrogens (tertiary/aromatic N) is 1. The minimum Gasteiger partial charge on any atom is -0.350 e. The van der Waals surface area contributed by atoms with Crippen molar-refractivity contribution in [1.29, 1.82) is 0 Å². The lowest BCUT2D eigenvalue weighted by Gasteiger charge is -2.21. The molecule has 1 aliphatic rings. The van der Waals surface area contributed by atoms with Crippen LogP contribution < -0.4 is 0 Å². The summed E-state index contributed by atoms with van der Waals surface area (Å²) in [4.78, 5) is 4.38. The molecule has 0 amide bonds. The Kier molecular flexibility index (Phi) is 4.83. The average molecular weight is 283 g/mol. The van der Waals surface area contributed by atoms with E-state index in [1.165, 1.54) is 18.3 Å². The number of hydrogen-bond acceptors (Lipinski definition) is 3. The maximum atomic E-state index is 13.5. The first kappa shape index (κ1) is 15.1. The fraction of sp³-hybridized carbons (Fsp3) is 0.533. The summed E-state index contributed by atoms with van der Waals surface area (Å²) < 4.78 is 37.0. The van der Waals surface area contributed by atoms with Crippen LogP contribution in [0.5, 0.6) is 0 Å². The van der Waals surface area contributed by atoms with E-state index in [0.29, 0.717) is 13.2 Å². The zero-order valence-corrected chi connectivity index (χ0v) is 11.7. The van der Waals surface area contributed by atoms with E-state index in [4.69, 9.17) is 9.47 Å². The van der Waals surface area contributed by atoms with Gasteiger partial charge in [-0.1, -0.05) is 0 Å². The fourth-order valence-electron chi connectivity index (χ4n) is 1.96. The highest BCUT2D eigenvalue weighted by atomic mass is 19.1. The summed E-state index contributed by atoms with van der Waals surface area (Å²) in [7, 11) is 0. The molecule has 110 valence electrons. The molecule has 1 heterocycles. The van der Waals surface area contributed by atoms with Gasteiger partial charge in [-0.25, -0.2) is 8.78 Å². The summed E-state index contributed by atoms with van der Waals surface area (Å²) in [6, 6.07) is 3.46. The molecule has 0 saturated carbocycles. The maximum Gasteiger partial charge on any atom is 0.157 e. The zero-order valence-electron chi connectivity index (χ0n) is 11.7. The van der Waals surface area contributed by atoms with Crippen molar-refractivity contribution in [3.8, 4) is 0 Å². The van der Waals surface area contributed by atoms with Crippen molar-refractivity contribution in [2.75, 3.05) is 13.2 Å². The number of benzene rings is 1. The van der Waals surface area contributed by atoms with Crippen LogP contribution in [0.4, 0.5) is 8.78 Å². The van der Waals surface area contributed by atoms with Crippen molar-refractivity contribution in [1.82, 2.24) is 0 Å². The molecular weight excluding hydrogens is 264 g/mol. The number of hydrogen-bond donors (Lipinski definition) is 0. The highest BCUT2D eigenvalue weighted by molar-refractivity contribution is 5.80. The first-order valence-corrected chi connectivity index (χ1v) is 6.70. The smallest absolute Gasteiger partial charge is 0.157 e. The molecule has 1 aromatic rings. The van der Waals surface area contributed by atoms with Crippen LogP contribution in [0.1, 0.15) is 32.3 Å². The fourth-order valence-corrected chi connectivity index (χ4v) is 1.96. The van der Waals surface area contributed by atoms with Crippen LogP contribution in [-0.4, -0.2) is 31.3 Å². The van der Waals surface area contributed by atoms with Crippen molar-refractivity contribution < 1.29 is 18.3 Å². The van der Waals surface area contributed by atoms with E-state index in [2.05, 4.69) is 4.99 Å². The minimum absolute atomic E-state index is 0.160. The van der Waals surface area contributed by atoms with Gasteiger partial charge in [0.25, 0.3) is 0 Å². The first-order valence-electron chi connectivity index (χ1n) is 6.70. The second-order valence-corrected chi connectivity index (χ2v) is 5.45. The van der Waals surface area contributed by atoms with E-state index < -0.39 is 11.6 Å². The number of aliphatic imine (C=N–C) groups is 1. The molecular formula is C15H19F2NO2. The van der Waals surface area contributed by atoms with E-state index in [1.807, 2.05) is 13.8 Å². The maximum absolute atomic E-state index is 13.5. The topological polar surface area (TPSA) is 30.8 Å². The van der Waals surface area contributed by atoms with Gasteiger partial charge < -0.3 is 9.47 Å². The van der Waals surface area contributed by atoms with Crippen LogP contribution in [0, 0.1) is 11.6 Å². The lowest BCUT2D eigenvalue weighted by atomic mass is 9.99. The van der Waals surface area contributed by atoms with Gasteiger partial charge in [-0.05, 0) is 32.4 Å². The lowest BCUT2D eigenvalue weighted by molar-refractivity contribution is -0.0502. The molecule has 0 spiro atoms. The van der Waals surface area contributed by atoms with Gasteiger partial charge in [-0.15, -0.1) is 0 Å². The Bertz CT molecular complexity index is 483. The molecule has 0 bridgehead atoms. The van der Waals surface area contributed by atoms with Crippen LogP contribution in [0.25, 0.3) is 0 Å². The van der Waals surface area contributed by atoms with Crippen molar-refractivity contribution in [2.45, 2.75) is 38.5 Å². The molecule has 1 saturated heterocycles. The number of ether oxygens (including phenoxy) is 2. The molecule has 1 fully saturated rings. The Hall–Kier alpha value is -1.33. The van der Waals surface area contributed by atoms with Crippen LogP contribution in [0.15, 0.2) is 23.2 Å². The standard InChI is InChI=1S/C15H19F2NO2/c1-15(2,6-5-14-19-7-8-20-14)18-10-11-3-4-12(16)9-13(11)17/h3-4,9-10,14H,5-8H2,1-2H3. The molecule has 0 N–H and O–H groups in total. The Balaban J connectivity index is 1.93. The lowest BCUT2D eigenvalue weighted by Crippen LogP contribution is -2.21. The van der Waals surface area contributed by atoms with Gasteiger partial charge >= 0.3 is 0 Å². The van der Waals surface area contributed by atoms with Crippen molar-refractivity contribution in [3.63, 3.8) is 0 Å². The van der Waals surface area contributed by atoms with Crippen LogP contribution in [-0.2, 0) is 9.47 Å². The second kappa shape index (κ2) is 6.41. The molecule has 0 aromatic heterocycles. The van der Waals surface area contributed by atoms with E-state index >= 15 is 0 Å². The normalized spacial score (nSPS) is 17.2. The molecule has 3 nitrogen and oxygen atoms in total. The molecule has 1 aliphatic heterocycles. The predicted molar refractivity (Wildman–Crippen MR) is 73.0 cm³/mol. The zero-order chi connectivity index (χ0) is 14.6. The van der Waals surface area contributed by atoms with Gasteiger partial charge in [0.05, 0.1) is 18.8 Å². The molecule has 20 heavy (non-hydrogen) atoms. The number of halogens is 2. The largest absolute Gasteiger partial charge is 0.350 e. The van der Waals surface area contributed by atoms with Crippen molar-refractivity contribution >= 4 is 6.21 Å².